The van der Waals surface area contributed by atoms with E-state index < -0.39 is 15.8 Å². The van der Waals surface area contributed by atoms with Crippen molar-refractivity contribution in [1.29, 1.82) is 0 Å². The standard InChI is InChI=1S/C10H10FN3O3S/c1-6-2-10(17-13-6)14-18(15,16)9-4-7(11)3-8(12)5-9/h2-5,14H,12H2,1H3. The minimum atomic E-state index is -3.95. The monoisotopic (exact) mass is 271 g/mol. The highest BCUT2D eigenvalue weighted by Crippen LogP contribution is 2.19. The molecular weight excluding hydrogens is 261 g/mol. The van der Waals surface area contributed by atoms with E-state index in [1.807, 2.05) is 0 Å². The van der Waals surface area contributed by atoms with Crippen LogP contribution in [0.5, 0.6) is 0 Å². The van der Waals surface area contributed by atoms with Crippen molar-refractivity contribution >= 4 is 21.6 Å². The highest BCUT2D eigenvalue weighted by molar-refractivity contribution is 7.92. The molecule has 0 amide bonds. The van der Waals surface area contributed by atoms with E-state index in [9.17, 15) is 12.8 Å². The lowest BCUT2D eigenvalue weighted by Crippen LogP contribution is -2.13. The van der Waals surface area contributed by atoms with Gasteiger partial charge in [-0.25, -0.2) is 17.5 Å². The van der Waals surface area contributed by atoms with Crippen molar-refractivity contribution < 1.29 is 17.3 Å². The number of aromatic nitrogens is 1. The van der Waals surface area contributed by atoms with Crippen LogP contribution in [0.25, 0.3) is 0 Å². The number of nitrogens with zero attached hydrogens (tertiary/aromatic N) is 1. The summed E-state index contributed by atoms with van der Waals surface area (Å²) in [5.74, 6) is -0.778. The zero-order valence-corrected chi connectivity index (χ0v) is 10.2. The number of nitrogens with two attached hydrogens (primary N) is 1. The molecule has 0 fully saturated rings. The fraction of sp³-hybridized carbons (Fsp3) is 0.100. The van der Waals surface area contributed by atoms with E-state index in [1.165, 1.54) is 6.07 Å². The van der Waals surface area contributed by atoms with E-state index in [0.29, 0.717) is 5.69 Å². The fourth-order valence-corrected chi connectivity index (χ4v) is 2.38. The molecule has 2 aromatic rings. The van der Waals surface area contributed by atoms with Crippen LogP contribution in [-0.4, -0.2) is 13.6 Å². The van der Waals surface area contributed by atoms with Crippen LogP contribution in [0.1, 0.15) is 5.69 Å². The number of hydrogen-bond donors (Lipinski definition) is 2. The normalized spacial score (nSPS) is 11.4. The first-order valence-electron chi connectivity index (χ1n) is 4.89. The first-order chi connectivity index (χ1) is 8.37. The Bertz CT molecular complexity index is 661. The summed E-state index contributed by atoms with van der Waals surface area (Å²) in [6, 6.07) is 4.44. The molecule has 8 heteroatoms. The maximum atomic E-state index is 13.1. The van der Waals surface area contributed by atoms with Gasteiger partial charge in [0.25, 0.3) is 10.0 Å². The predicted molar refractivity (Wildman–Crippen MR) is 62.9 cm³/mol. The quantitative estimate of drug-likeness (QED) is 0.824. The van der Waals surface area contributed by atoms with E-state index in [-0.39, 0.29) is 16.5 Å². The van der Waals surface area contributed by atoms with E-state index in [0.717, 1.165) is 18.2 Å². The van der Waals surface area contributed by atoms with Crippen LogP contribution in [0.15, 0.2) is 33.7 Å². The van der Waals surface area contributed by atoms with Crippen LogP contribution >= 0.6 is 0 Å². The molecule has 0 radical (unpaired) electrons. The molecule has 6 nitrogen and oxygen atoms in total. The molecule has 0 saturated heterocycles. The smallest absolute Gasteiger partial charge is 0.264 e. The minimum Gasteiger partial charge on any atom is -0.399 e. The molecular formula is C10H10FN3O3S. The van der Waals surface area contributed by atoms with Crippen LogP contribution in [0, 0.1) is 12.7 Å². The van der Waals surface area contributed by atoms with Gasteiger partial charge in [-0.05, 0) is 25.1 Å². The molecule has 0 aliphatic rings. The summed E-state index contributed by atoms with van der Waals surface area (Å²) < 4.78 is 43.7. The highest BCUT2D eigenvalue weighted by atomic mass is 32.2. The van der Waals surface area contributed by atoms with Crippen molar-refractivity contribution in [2.45, 2.75) is 11.8 Å². The molecule has 1 heterocycles. The van der Waals surface area contributed by atoms with Gasteiger partial charge in [-0.1, -0.05) is 5.16 Å². The van der Waals surface area contributed by atoms with Gasteiger partial charge in [-0.3, -0.25) is 0 Å². The van der Waals surface area contributed by atoms with Crippen molar-refractivity contribution in [3.05, 3.63) is 35.8 Å². The lowest BCUT2D eigenvalue weighted by Gasteiger charge is -2.05. The lowest BCUT2D eigenvalue weighted by atomic mass is 10.3. The number of anilines is 2. The third-order valence-electron chi connectivity index (χ3n) is 2.07. The number of nitrogen functional groups attached to an aromatic ring is 1. The fourth-order valence-electron chi connectivity index (χ4n) is 1.34. The molecule has 1 aromatic carbocycles. The Morgan fingerprint density at radius 1 is 1.33 bits per heavy atom. The van der Waals surface area contributed by atoms with E-state index >= 15 is 0 Å². The molecule has 0 unspecified atom stereocenters. The minimum absolute atomic E-state index is 0.0177. The van der Waals surface area contributed by atoms with Crippen molar-refractivity contribution in [1.82, 2.24) is 5.16 Å². The molecule has 0 aliphatic heterocycles. The number of hydrogen-bond acceptors (Lipinski definition) is 5. The number of rotatable bonds is 3. The van der Waals surface area contributed by atoms with Crippen LogP contribution in [0.3, 0.4) is 0 Å². The van der Waals surface area contributed by atoms with Gasteiger partial charge in [0.2, 0.25) is 5.88 Å². The van der Waals surface area contributed by atoms with Gasteiger partial charge in [0.05, 0.1) is 10.6 Å². The predicted octanol–water partition coefficient (Wildman–Crippen LogP) is 1.51. The van der Waals surface area contributed by atoms with Crippen molar-refractivity contribution in [3.63, 3.8) is 0 Å². The summed E-state index contributed by atoms with van der Waals surface area (Å²) >= 11 is 0. The Hall–Kier alpha value is -2.09. The Labute approximate surface area is 103 Å². The summed E-state index contributed by atoms with van der Waals surface area (Å²) in [7, 11) is -3.95. The largest absolute Gasteiger partial charge is 0.399 e. The first kappa shape index (κ1) is 12.4. The Morgan fingerprint density at radius 2 is 2.06 bits per heavy atom. The van der Waals surface area contributed by atoms with Gasteiger partial charge >= 0.3 is 0 Å². The molecule has 3 N–H and O–H groups in total. The molecule has 18 heavy (non-hydrogen) atoms. The maximum Gasteiger partial charge on any atom is 0.264 e. The average molecular weight is 271 g/mol. The lowest BCUT2D eigenvalue weighted by molar-refractivity contribution is 0.430. The molecule has 96 valence electrons. The number of aryl methyl sites for hydroxylation is 1. The van der Waals surface area contributed by atoms with E-state index in [1.54, 1.807) is 6.92 Å². The van der Waals surface area contributed by atoms with Gasteiger partial charge in [-0.15, -0.1) is 0 Å². The molecule has 0 aliphatic carbocycles. The van der Waals surface area contributed by atoms with Gasteiger partial charge in [0.15, 0.2) is 0 Å². The third-order valence-corrected chi connectivity index (χ3v) is 3.39. The second-order valence-electron chi connectivity index (χ2n) is 3.66. The summed E-state index contributed by atoms with van der Waals surface area (Å²) in [5, 5.41) is 3.53. The van der Waals surface area contributed by atoms with Crippen molar-refractivity contribution in [2.24, 2.45) is 0 Å². The summed E-state index contributed by atoms with van der Waals surface area (Å²) in [6.07, 6.45) is 0. The maximum absolute atomic E-state index is 13.1. The first-order valence-corrected chi connectivity index (χ1v) is 6.37. The highest BCUT2D eigenvalue weighted by Gasteiger charge is 2.18. The second kappa shape index (κ2) is 4.30. The van der Waals surface area contributed by atoms with E-state index in [4.69, 9.17) is 10.3 Å². The summed E-state index contributed by atoms with van der Waals surface area (Å²) in [6.45, 7) is 1.64. The number of nitrogens with one attached hydrogen (secondary N) is 1. The number of sulfonamides is 1. The van der Waals surface area contributed by atoms with E-state index in [2.05, 4.69) is 9.88 Å². The van der Waals surface area contributed by atoms with Crippen LogP contribution in [0.2, 0.25) is 0 Å². The summed E-state index contributed by atoms with van der Waals surface area (Å²) in [5.41, 5.74) is 5.92. The third kappa shape index (κ3) is 2.59. The number of halogens is 1. The molecule has 2 rings (SSSR count). The zero-order valence-electron chi connectivity index (χ0n) is 9.34. The van der Waals surface area contributed by atoms with Crippen molar-refractivity contribution in [3.8, 4) is 0 Å². The van der Waals surface area contributed by atoms with Gasteiger partial charge in [0.1, 0.15) is 5.82 Å². The second-order valence-corrected chi connectivity index (χ2v) is 5.34. The van der Waals surface area contributed by atoms with Crippen molar-refractivity contribution in [2.75, 3.05) is 10.5 Å². The Kier molecular flexibility index (Phi) is 2.95. The SMILES string of the molecule is Cc1cc(NS(=O)(=O)c2cc(N)cc(F)c2)on1. The molecule has 0 saturated carbocycles. The van der Waals surface area contributed by atoms with Crippen LogP contribution in [-0.2, 0) is 10.0 Å². The Morgan fingerprint density at radius 3 is 2.61 bits per heavy atom. The van der Waals surface area contributed by atoms with Gasteiger partial charge in [0, 0.05) is 11.8 Å². The van der Waals surface area contributed by atoms with Gasteiger partial charge < -0.3 is 10.3 Å². The Balaban J connectivity index is 2.36. The average Bonchev–Trinajstić information content (AvgIpc) is 2.61. The molecule has 1 aromatic heterocycles. The summed E-state index contributed by atoms with van der Waals surface area (Å²) in [4.78, 5) is -0.283. The van der Waals surface area contributed by atoms with Crippen LogP contribution < -0.4 is 10.5 Å². The molecule has 0 atom stereocenters. The molecule has 0 bridgehead atoms. The molecule has 0 spiro atoms. The zero-order chi connectivity index (χ0) is 13.3. The number of benzene rings is 1. The van der Waals surface area contributed by atoms with Gasteiger partial charge in [-0.2, -0.15) is 0 Å². The van der Waals surface area contributed by atoms with Crippen LogP contribution in [0.4, 0.5) is 16.0 Å². The topological polar surface area (TPSA) is 98.2 Å².